The Hall–Kier alpha value is -1.06. The molecule has 1 atom stereocenters. The van der Waals surface area contributed by atoms with Crippen molar-refractivity contribution in [1.82, 2.24) is 4.90 Å². The van der Waals surface area contributed by atoms with Gasteiger partial charge >= 0.3 is 0 Å². The number of ether oxygens (including phenoxy) is 1. The lowest BCUT2D eigenvalue weighted by Gasteiger charge is -2.40. The molecule has 1 saturated heterocycles. The van der Waals surface area contributed by atoms with Crippen molar-refractivity contribution in [3.63, 3.8) is 0 Å². The number of phenols is 1. The highest BCUT2D eigenvalue weighted by atomic mass is 16.5. The fraction of sp³-hybridized carbons (Fsp3) is 0.647. The van der Waals surface area contributed by atoms with Gasteiger partial charge in [0.25, 0.3) is 0 Å². The number of nitrogens with zero attached hydrogens (tertiary/aromatic N) is 1. The van der Waals surface area contributed by atoms with Gasteiger partial charge in [0.2, 0.25) is 0 Å². The second kappa shape index (κ2) is 6.15. The van der Waals surface area contributed by atoms with Gasteiger partial charge in [-0.2, -0.15) is 0 Å². The third-order valence-electron chi connectivity index (χ3n) is 4.90. The van der Waals surface area contributed by atoms with E-state index < -0.39 is 0 Å². The Morgan fingerprint density at radius 3 is 2.80 bits per heavy atom. The highest BCUT2D eigenvalue weighted by molar-refractivity contribution is 5.38. The van der Waals surface area contributed by atoms with Crippen LogP contribution >= 0.6 is 0 Å². The summed E-state index contributed by atoms with van der Waals surface area (Å²) in [5.74, 6) is 1.13. The molecule has 1 unspecified atom stereocenters. The number of aryl methyl sites for hydroxylation is 1. The molecule has 1 heterocycles. The number of piperidine rings is 1. The number of phenolic OH excluding ortho intramolecular Hbond substituents is 1. The highest BCUT2D eigenvalue weighted by Crippen LogP contribution is 2.37. The third-order valence-corrected chi connectivity index (χ3v) is 4.90. The van der Waals surface area contributed by atoms with E-state index in [2.05, 4.69) is 11.0 Å². The molecule has 0 saturated carbocycles. The molecule has 1 fully saturated rings. The van der Waals surface area contributed by atoms with Gasteiger partial charge in [0.1, 0.15) is 5.75 Å². The van der Waals surface area contributed by atoms with E-state index in [0.29, 0.717) is 11.8 Å². The van der Waals surface area contributed by atoms with Crippen molar-refractivity contribution in [2.24, 2.45) is 5.92 Å². The van der Waals surface area contributed by atoms with E-state index in [4.69, 9.17) is 4.74 Å². The van der Waals surface area contributed by atoms with Crippen LogP contribution in [-0.2, 0) is 11.2 Å². The Bertz CT molecular complexity index is 452. The topological polar surface area (TPSA) is 32.7 Å². The van der Waals surface area contributed by atoms with Gasteiger partial charge in [0, 0.05) is 19.8 Å². The van der Waals surface area contributed by atoms with Crippen LogP contribution in [-0.4, -0.2) is 36.8 Å². The number of hydrogen-bond donors (Lipinski definition) is 1. The van der Waals surface area contributed by atoms with Crippen molar-refractivity contribution in [3.05, 3.63) is 29.3 Å². The Kier molecular flexibility index (Phi) is 4.27. The largest absolute Gasteiger partial charge is 0.508 e. The van der Waals surface area contributed by atoms with Crippen LogP contribution in [0.1, 0.15) is 42.9 Å². The maximum absolute atomic E-state index is 9.78. The SMILES string of the molecule is COCC1CCN(C2CCCc3ccc(O)cc32)CC1. The van der Waals surface area contributed by atoms with Gasteiger partial charge in [-0.25, -0.2) is 0 Å². The molecule has 1 N–H and O–H groups in total. The normalized spacial score (nSPS) is 24.6. The third kappa shape index (κ3) is 2.84. The summed E-state index contributed by atoms with van der Waals surface area (Å²) in [6, 6.07) is 6.43. The standard InChI is InChI=1S/C17H25NO2/c1-20-12-13-7-9-18(10-8-13)17-4-2-3-14-5-6-15(19)11-16(14)17/h5-6,11,13,17,19H,2-4,7-10,12H2,1H3. The molecule has 3 nitrogen and oxygen atoms in total. The average molecular weight is 275 g/mol. The fourth-order valence-corrected chi connectivity index (χ4v) is 3.81. The zero-order valence-corrected chi connectivity index (χ0v) is 12.3. The summed E-state index contributed by atoms with van der Waals surface area (Å²) in [5.41, 5.74) is 2.79. The summed E-state index contributed by atoms with van der Waals surface area (Å²) in [5, 5.41) is 9.78. The maximum Gasteiger partial charge on any atom is 0.115 e. The highest BCUT2D eigenvalue weighted by Gasteiger charge is 2.29. The Morgan fingerprint density at radius 1 is 1.25 bits per heavy atom. The molecule has 110 valence electrons. The average Bonchev–Trinajstić information content (AvgIpc) is 2.48. The molecule has 3 rings (SSSR count). The van der Waals surface area contributed by atoms with Crippen LogP contribution in [0.5, 0.6) is 5.75 Å². The van der Waals surface area contributed by atoms with Crippen molar-refractivity contribution in [2.75, 3.05) is 26.8 Å². The second-order valence-corrected chi connectivity index (χ2v) is 6.23. The van der Waals surface area contributed by atoms with Crippen molar-refractivity contribution < 1.29 is 9.84 Å². The lowest BCUT2D eigenvalue weighted by molar-refractivity contribution is 0.0744. The lowest BCUT2D eigenvalue weighted by atomic mass is 9.85. The molecule has 1 aliphatic heterocycles. The van der Waals surface area contributed by atoms with Crippen LogP contribution in [0.4, 0.5) is 0 Å². The van der Waals surface area contributed by atoms with Crippen LogP contribution in [0.15, 0.2) is 18.2 Å². The molecular formula is C17H25NO2. The first kappa shape index (κ1) is 13.9. The van der Waals surface area contributed by atoms with E-state index >= 15 is 0 Å². The zero-order chi connectivity index (χ0) is 13.9. The van der Waals surface area contributed by atoms with Gasteiger partial charge in [-0.1, -0.05) is 6.07 Å². The molecule has 0 amide bonds. The summed E-state index contributed by atoms with van der Waals surface area (Å²) >= 11 is 0. The minimum Gasteiger partial charge on any atom is -0.508 e. The quantitative estimate of drug-likeness (QED) is 0.920. The molecule has 0 spiro atoms. The predicted molar refractivity (Wildman–Crippen MR) is 80.0 cm³/mol. The van der Waals surface area contributed by atoms with Gasteiger partial charge in [-0.15, -0.1) is 0 Å². The van der Waals surface area contributed by atoms with Crippen molar-refractivity contribution in [3.8, 4) is 5.75 Å². The first-order chi connectivity index (χ1) is 9.78. The zero-order valence-electron chi connectivity index (χ0n) is 12.3. The summed E-state index contributed by atoms with van der Waals surface area (Å²) in [4.78, 5) is 2.61. The van der Waals surface area contributed by atoms with Crippen LogP contribution in [0, 0.1) is 5.92 Å². The number of methoxy groups -OCH3 is 1. The number of benzene rings is 1. The minimum absolute atomic E-state index is 0.407. The van der Waals surface area contributed by atoms with Gasteiger partial charge in [-0.3, -0.25) is 4.90 Å². The summed E-state index contributed by atoms with van der Waals surface area (Å²) < 4.78 is 5.28. The molecule has 2 aliphatic rings. The first-order valence-electron chi connectivity index (χ1n) is 7.82. The van der Waals surface area contributed by atoms with Crippen LogP contribution in [0.2, 0.25) is 0 Å². The summed E-state index contributed by atoms with van der Waals surface area (Å²) in [7, 11) is 1.80. The molecule has 3 heteroatoms. The number of hydrogen-bond acceptors (Lipinski definition) is 3. The smallest absolute Gasteiger partial charge is 0.115 e. The molecule has 0 radical (unpaired) electrons. The van der Waals surface area contributed by atoms with E-state index in [1.54, 1.807) is 7.11 Å². The van der Waals surface area contributed by atoms with Crippen LogP contribution < -0.4 is 0 Å². The monoisotopic (exact) mass is 275 g/mol. The van der Waals surface area contributed by atoms with Crippen LogP contribution in [0.25, 0.3) is 0 Å². The van der Waals surface area contributed by atoms with E-state index in [-0.39, 0.29) is 0 Å². The van der Waals surface area contributed by atoms with Gasteiger partial charge in [0.15, 0.2) is 0 Å². The van der Waals surface area contributed by atoms with Crippen molar-refractivity contribution >= 4 is 0 Å². The van der Waals surface area contributed by atoms with Crippen molar-refractivity contribution in [1.29, 1.82) is 0 Å². The Balaban J connectivity index is 1.72. The Labute approximate surface area is 121 Å². The number of fused-ring (bicyclic) bond motifs is 1. The molecule has 1 aromatic rings. The lowest BCUT2D eigenvalue weighted by Crippen LogP contribution is -2.39. The minimum atomic E-state index is 0.407. The fourth-order valence-electron chi connectivity index (χ4n) is 3.81. The molecular weight excluding hydrogens is 250 g/mol. The van der Waals surface area contributed by atoms with E-state index in [0.717, 1.165) is 32.0 Å². The molecule has 1 aliphatic carbocycles. The van der Waals surface area contributed by atoms with Crippen LogP contribution in [0.3, 0.4) is 0 Å². The van der Waals surface area contributed by atoms with Crippen molar-refractivity contribution in [2.45, 2.75) is 38.1 Å². The second-order valence-electron chi connectivity index (χ2n) is 6.23. The van der Waals surface area contributed by atoms with E-state index in [1.165, 1.54) is 36.8 Å². The molecule has 0 bridgehead atoms. The van der Waals surface area contributed by atoms with Gasteiger partial charge in [0.05, 0.1) is 0 Å². The first-order valence-corrected chi connectivity index (χ1v) is 7.82. The van der Waals surface area contributed by atoms with Gasteiger partial charge < -0.3 is 9.84 Å². The summed E-state index contributed by atoms with van der Waals surface area (Å²) in [6.45, 7) is 3.22. The summed E-state index contributed by atoms with van der Waals surface area (Å²) in [6.07, 6.45) is 6.12. The number of likely N-dealkylation sites (tertiary alicyclic amines) is 1. The Morgan fingerprint density at radius 2 is 2.05 bits per heavy atom. The maximum atomic E-state index is 9.78. The molecule has 0 aromatic heterocycles. The van der Waals surface area contributed by atoms with Gasteiger partial charge in [-0.05, 0) is 74.4 Å². The van der Waals surface area contributed by atoms with E-state index in [9.17, 15) is 5.11 Å². The molecule has 20 heavy (non-hydrogen) atoms. The predicted octanol–water partition coefficient (Wildman–Crippen LogP) is 3.13. The number of aromatic hydroxyl groups is 1. The van der Waals surface area contributed by atoms with E-state index in [1.807, 2.05) is 12.1 Å². The molecule has 1 aromatic carbocycles. The number of rotatable bonds is 3.